The first-order valence-electron chi connectivity index (χ1n) is 10.0. The van der Waals surface area contributed by atoms with Gasteiger partial charge in [0.1, 0.15) is 10.8 Å². The molecule has 166 valence electrons. The van der Waals surface area contributed by atoms with Crippen molar-refractivity contribution >= 4 is 39.2 Å². The summed E-state index contributed by atoms with van der Waals surface area (Å²) >= 11 is 0. The van der Waals surface area contributed by atoms with E-state index in [1.807, 2.05) is 37.3 Å². The minimum Gasteiger partial charge on any atom is -0.494 e. The molecule has 2 N–H and O–H groups in total. The van der Waals surface area contributed by atoms with Crippen LogP contribution in [0.15, 0.2) is 58.8 Å². The second-order valence-electron chi connectivity index (χ2n) is 6.63. The van der Waals surface area contributed by atoms with Crippen LogP contribution in [-0.4, -0.2) is 40.0 Å². The maximum atomic E-state index is 12.0. The van der Waals surface area contributed by atoms with Crippen LogP contribution in [0.1, 0.15) is 44.6 Å². The van der Waals surface area contributed by atoms with Gasteiger partial charge >= 0.3 is 5.97 Å². The number of ether oxygens (including phenoxy) is 1. The SMILES string of the molecule is CC(=NNC(=O)CCCCSSc1ccccn1)c1ccc(OCCCC(=O)O)cc1. The minimum atomic E-state index is -0.827. The van der Waals surface area contributed by atoms with Crippen molar-refractivity contribution in [3.8, 4) is 5.75 Å². The van der Waals surface area contributed by atoms with E-state index in [0.29, 0.717) is 30.9 Å². The van der Waals surface area contributed by atoms with Gasteiger partial charge in [0, 0.05) is 24.8 Å². The highest BCUT2D eigenvalue weighted by atomic mass is 33.1. The summed E-state index contributed by atoms with van der Waals surface area (Å²) in [6.07, 6.45) is 4.54. The number of hydrogen-bond donors (Lipinski definition) is 2. The Hall–Kier alpha value is -2.52. The standard InChI is InChI=1S/C22H27N3O4S2/c1-17(18-10-12-19(13-11-18)29-15-6-9-22(27)28)24-25-20(26)7-3-5-16-30-31-21-8-2-4-14-23-21/h2,4,8,10-14H,3,5-7,9,15-16H2,1H3,(H,25,26)(H,27,28). The zero-order valence-corrected chi connectivity index (χ0v) is 19.1. The summed E-state index contributed by atoms with van der Waals surface area (Å²) in [6, 6.07) is 13.2. The number of unbranched alkanes of at least 4 members (excludes halogenated alkanes) is 1. The number of carbonyl (C=O) groups excluding carboxylic acids is 1. The first-order valence-corrected chi connectivity index (χ1v) is 12.3. The van der Waals surface area contributed by atoms with Crippen molar-refractivity contribution in [1.82, 2.24) is 10.4 Å². The van der Waals surface area contributed by atoms with Crippen molar-refractivity contribution in [2.24, 2.45) is 5.10 Å². The van der Waals surface area contributed by atoms with E-state index >= 15 is 0 Å². The summed E-state index contributed by atoms with van der Waals surface area (Å²) in [5.41, 5.74) is 4.18. The van der Waals surface area contributed by atoms with Gasteiger partial charge in [-0.05, 0) is 78.9 Å². The van der Waals surface area contributed by atoms with Crippen molar-refractivity contribution in [2.45, 2.75) is 44.1 Å². The number of pyridine rings is 1. The van der Waals surface area contributed by atoms with E-state index in [4.69, 9.17) is 9.84 Å². The van der Waals surface area contributed by atoms with Crippen molar-refractivity contribution in [3.05, 3.63) is 54.2 Å². The fourth-order valence-corrected chi connectivity index (χ4v) is 4.44. The molecule has 0 aliphatic carbocycles. The molecule has 9 heteroatoms. The molecule has 0 bridgehead atoms. The van der Waals surface area contributed by atoms with Gasteiger partial charge in [-0.15, -0.1) is 0 Å². The van der Waals surface area contributed by atoms with E-state index in [1.54, 1.807) is 39.9 Å². The number of hydrogen-bond acceptors (Lipinski definition) is 7. The van der Waals surface area contributed by atoms with Gasteiger partial charge in [0.25, 0.3) is 0 Å². The molecule has 31 heavy (non-hydrogen) atoms. The zero-order valence-electron chi connectivity index (χ0n) is 17.5. The average Bonchev–Trinajstić information content (AvgIpc) is 2.78. The summed E-state index contributed by atoms with van der Waals surface area (Å²) in [5, 5.41) is 13.8. The summed E-state index contributed by atoms with van der Waals surface area (Å²) in [4.78, 5) is 26.7. The molecular formula is C22H27N3O4S2. The molecule has 1 aromatic heterocycles. The molecule has 1 aromatic carbocycles. The van der Waals surface area contributed by atoms with Gasteiger partial charge in [0.15, 0.2) is 0 Å². The molecule has 0 atom stereocenters. The van der Waals surface area contributed by atoms with E-state index < -0.39 is 5.97 Å². The maximum Gasteiger partial charge on any atom is 0.303 e. The molecule has 1 amide bonds. The van der Waals surface area contributed by atoms with Crippen LogP contribution >= 0.6 is 21.6 Å². The Labute approximate surface area is 190 Å². The van der Waals surface area contributed by atoms with Gasteiger partial charge in [-0.2, -0.15) is 5.10 Å². The van der Waals surface area contributed by atoms with Crippen LogP contribution in [0.2, 0.25) is 0 Å². The summed E-state index contributed by atoms with van der Waals surface area (Å²) in [6.45, 7) is 2.18. The zero-order chi connectivity index (χ0) is 22.3. The van der Waals surface area contributed by atoms with Crippen LogP contribution < -0.4 is 10.2 Å². The van der Waals surface area contributed by atoms with Crippen molar-refractivity contribution in [1.29, 1.82) is 0 Å². The highest BCUT2D eigenvalue weighted by molar-refractivity contribution is 8.76. The fourth-order valence-electron chi connectivity index (χ4n) is 2.42. The summed E-state index contributed by atoms with van der Waals surface area (Å²) in [7, 11) is 3.39. The lowest BCUT2D eigenvalue weighted by molar-refractivity contribution is -0.137. The third-order valence-electron chi connectivity index (χ3n) is 4.09. The number of carbonyl (C=O) groups is 2. The fraction of sp³-hybridized carbons (Fsp3) is 0.364. The molecule has 0 unspecified atom stereocenters. The van der Waals surface area contributed by atoms with Crippen molar-refractivity contribution < 1.29 is 19.4 Å². The van der Waals surface area contributed by atoms with E-state index in [0.717, 1.165) is 29.2 Å². The lowest BCUT2D eigenvalue weighted by Crippen LogP contribution is -2.18. The Bertz CT molecular complexity index is 846. The lowest BCUT2D eigenvalue weighted by atomic mass is 10.1. The highest BCUT2D eigenvalue weighted by Gasteiger charge is 2.04. The Balaban J connectivity index is 1.60. The molecule has 0 fully saturated rings. The Kier molecular flexibility index (Phi) is 11.6. The minimum absolute atomic E-state index is 0.0898. The number of carboxylic acid groups (broad SMARTS) is 1. The third-order valence-corrected chi connectivity index (χ3v) is 6.44. The summed E-state index contributed by atoms with van der Waals surface area (Å²) in [5.74, 6) is 0.707. The van der Waals surface area contributed by atoms with Crippen LogP contribution in [-0.2, 0) is 9.59 Å². The van der Waals surface area contributed by atoms with E-state index in [-0.39, 0.29) is 12.3 Å². The number of nitrogens with zero attached hydrogens (tertiary/aromatic N) is 2. The molecule has 0 aliphatic rings. The van der Waals surface area contributed by atoms with Gasteiger partial charge < -0.3 is 9.84 Å². The predicted molar refractivity (Wildman–Crippen MR) is 126 cm³/mol. The number of aliphatic carboxylic acids is 1. The average molecular weight is 462 g/mol. The molecule has 0 radical (unpaired) electrons. The van der Waals surface area contributed by atoms with Crippen LogP contribution in [0, 0.1) is 0 Å². The van der Waals surface area contributed by atoms with Gasteiger partial charge in [-0.3, -0.25) is 9.59 Å². The molecule has 0 saturated heterocycles. The van der Waals surface area contributed by atoms with Crippen molar-refractivity contribution in [3.63, 3.8) is 0 Å². The summed E-state index contributed by atoms with van der Waals surface area (Å²) < 4.78 is 5.51. The monoisotopic (exact) mass is 461 g/mol. The van der Waals surface area contributed by atoms with Gasteiger partial charge in [0.2, 0.25) is 5.91 Å². The molecule has 2 rings (SSSR count). The molecule has 2 aromatic rings. The smallest absolute Gasteiger partial charge is 0.303 e. The van der Waals surface area contributed by atoms with Crippen LogP contribution in [0.4, 0.5) is 0 Å². The maximum absolute atomic E-state index is 12.0. The van der Waals surface area contributed by atoms with E-state index in [2.05, 4.69) is 15.5 Å². The molecule has 0 aliphatic heterocycles. The number of carboxylic acids is 1. The second-order valence-corrected chi connectivity index (χ2v) is 9.07. The Morgan fingerprint density at radius 3 is 2.61 bits per heavy atom. The topological polar surface area (TPSA) is 101 Å². The number of amides is 1. The quantitative estimate of drug-likeness (QED) is 0.181. The first-order chi connectivity index (χ1) is 15.0. The number of hydrazone groups is 1. The van der Waals surface area contributed by atoms with E-state index in [9.17, 15) is 9.59 Å². The Morgan fingerprint density at radius 2 is 1.90 bits per heavy atom. The third kappa shape index (κ3) is 10.9. The number of rotatable bonds is 14. The second kappa shape index (κ2) is 14.5. The Morgan fingerprint density at radius 1 is 1.10 bits per heavy atom. The number of nitrogens with one attached hydrogen (secondary N) is 1. The molecule has 1 heterocycles. The van der Waals surface area contributed by atoms with Crippen LogP contribution in [0.3, 0.4) is 0 Å². The molecular weight excluding hydrogens is 434 g/mol. The highest BCUT2D eigenvalue weighted by Crippen LogP contribution is 2.29. The molecule has 0 spiro atoms. The van der Waals surface area contributed by atoms with Gasteiger partial charge in [0.05, 0.1) is 12.3 Å². The van der Waals surface area contributed by atoms with Crippen LogP contribution in [0.5, 0.6) is 5.75 Å². The normalized spacial score (nSPS) is 11.2. The number of benzene rings is 1. The largest absolute Gasteiger partial charge is 0.494 e. The van der Waals surface area contributed by atoms with Gasteiger partial charge in [-0.1, -0.05) is 16.9 Å². The number of aromatic nitrogens is 1. The molecule has 0 saturated carbocycles. The van der Waals surface area contributed by atoms with Gasteiger partial charge in [-0.25, -0.2) is 10.4 Å². The first kappa shape index (κ1) is 24.7. The lowest BCUT2D eigenvalue weighted by Gasteiger charge is -2.07. The molecule has 7 nitrogen and oxygen atoms in total. The van der Waals surface area contributed by atoms with E-state index in [1.165, 1.54) is 0 Å². The predicted octanol–water partition coefficient (Wildman–Crippen LogP) is 4.78. The van der Waals surface area contributed by atoms with Crippen molar-refractivity contribution in [2.75, 3.05) is 12.4 Å². The van der Waals surface area contributed by atoms with Crippen LogP contribution in [0.25, 0.3) is 0 Å².